The van der Waals surface area contributed by atoms with Gasteiger partial charge in [0.1, 0.15) is 5.75 Å². The lowest BCUT2D eigenvalue weighted by molar-refractivity contribution is -0.130. The van der Waals surface area contributed by atoms with Crippen LogP contribution in [0.4, 0.5) is 11.4 Å². The van der Waals surface area contributed by atoms with Crippen LogP contribution in [0.25, 0.3) is 10.8 Å². The van der Waals surface area contributed by atoms with E-state index in [0.29, 0.717) is 38.5 Å². The summed E-state index contributed by atoms with van der Waals surface area (Å²) in [5, 5.41) is 19.9. The Kier molecular flexibility index (Phi) is 8.43. The zero-order valence-electron chi connectivity index (χ0n) is 23.8. The average molecular weight is 574 g/mol. The summed E-state index contributed by atoms with van der Waals surface area (Å²) in [6, 6.07) is 17.5. The largest absolute Gasteiger partial charge is 0.496 e. The third-order valence-electron chi connectivity index (χ3n) is 6.89. The number of rotatable bonds is 7. The van der Waals surface area contributed by atoms with E-state index in [9.17, 15) is 14.7 Å². The van der Waals surface area contributed by atoms with Gasteiger partial charge in [-0.25, -0.2) is 4.79 Å². The number of ether oxygens (including phenoxy) is 1. The van der Waals surface area contributed by atoms with Crippen LogP contribution in [-0.4, -0.2) is 43.0 Å². The lowest BCUT2D eigenvalue weighted by Crippen LogP contribution is -2.46. The standard InChI is InChI=1S/C32H32ClN3O5/c1-20-26-18-23(11-12-25(26)29(37)41-35-20)34-30(38)32(39,15-14-21-8-7-9-24(16-21)36(4)5)19-31(2,3)27-13-10-22(33)17-28(27)40-6/h7-13,16-18,39H,19H2,1-6H3,(H,34,38). The highest BCUT2D eigenvalue weighted by molar-refractivity contribution is 6.30. The maximum absolute atomic E-state index is 13.8. The van der Waals surface area contributed by atoms with Gasteiger partial charge in [0.15, 0.2) is 0 Å². The number of amides is 1. The van der Waals surface area contributed by atoms with E-state index in [0.717, 1.165) is 11.3 Å². The molecule has 0 aliphatic carbocycles. The predicted molar refractivity (Wildman–Crippen MR) is 162 cm³/mol. The number of aromatic nitrogens is 1. The van der Waals surface area contributed by atoms with Gasteiger partial charge in [0, 0.05) is 47.9 Å². The SMILES string of the molecule is COc1cc(Cl)ccc1C(C)(C)CC(O)(C#Cc1cccc(N(C)C)c1)C(=O)Nc1ccc2c(=O)onc(C)c2c1. The minimum atomic E-state index is -2.12. The first-order chi connectivity index (χ1) is 19.3. The molecule has 0 fully saturated rings. The van der Waals surface area contributed by atoms with E-state index in [2.05, 4.69) is 22.3 Å². The molecule has 0 radical (unpaired) electrons. The van der Waals surface area contributed by atoms with Crippen LogP contribution in [0.2, 0.25) is 5.02 Å². The summed E-state index contributed by atoms with van der Waals surface area (Å²) in [7, 11) is 5.38. The van der Waals surface area contributed by atoms with Gasteiger partial charge in [0.2, 0.25) is 5.60 Å². The molecule has 1 atom stereocenters. The van der Waals surface area contributed by atoms with E-state index in [4.69, 9.17) is 20.9 Å². The third-order valence-corrected chi connectivity index (χ3v) is 7.13. The number of halogens is 1. The van der Waals surface area contributed by atoms with Gasteiger partial charge in [-0.05, 0) is 66.4 Å². The highest BCUT2D eigenvalue weighted by atomic mass is 35.5. The number of nitrogens with zero attached hydrogens (tertiary/aromatic N) is 2. The second-order valence-electron chi connectivity index (χ2n) is 10.7. The van der Waals surface area contributed by atoms with Crippen molar-refractivity contribution in [3.05, 3.63) is 92.9 Å². The molecule has 1 unspecified atom stereocenters. The van der Waals surface area contributed by atoms with E-state index >= 15 is 0 Å². The molecular formula is C32H32ClN3O5. The highest BCUT2D eigenvalue weighted by Crippen LogP contribution is 2.39. The number of hydrogen-bond donors (Lipinski definition) is 2. The highest BCUT2D eigenvalue weighted by Gasteiger charge is 2.42. The minimum Gasteiger partial charge on any atom is -0.496 e. The normalized spacial score (nSPS) is 12.7. The van der Waals surface area contributed by atoms with Crippen molar-refractivity contribution in [3.8, 4) is 17.6 Å². The van der Waals surface area contributed by atoms with Gasteiger partial charge in [-0.2, -0.15) is 0 Å². The zero-order chi connectivity index (χ0) is 29.9. The van der Waals surface area contributed by atoms with Gasteiger partial charge in [-0.1, -0.05) is 54.6 Å². The molecule has 3 aromatic carbocycles. The number of carbonyl (C=O) groups excluding carboxylic acids is 1. The molecular weight excluding hydrogens is 542 g/mol. The molecule has 4 aromatic rings. The Labute approximate surface area is 243 Å². The molecule has 0 spiro atoms. The molecule has 212 valence electrons. The van der Waals surface area contributed by atoms with Crippen molar-refractivity contribution in [2.45, 2.75) is 38.2 Å². The summed E-state index contributed by atoms with van der Waals surface area (Å²) >= 11 is 6.19. The van der Waals surface area contributed by atoms with Gasteiger partial charge in [0.25, 0.3) is 5.91 Å². The van der Waals surface area contributed by atoms with Gasteiger partial charge < -0.3 is 24.6 Å². The second kappa shape index (κ2) is 11.7. The number of aryl methyl sites for hydroxylation is 1. The fourth-order valence-electron chi connectivity index (χ4n) is 4.72. The number of methoxy groups -OCH3 is 1. The Morgan fingerprint density at radius 3 is 2.59 bits per heavy atom. The van der Waals surface area contributed by atoms with Gasteiger partial charge in [-0.15, -0.1) is 0 Å². The van der Waals surface area contributed by atoms with Crippen molar-refractivity contribution < 1.29 is 19.2 Å². The lowest BCUT2D eigenvalue weighted by atomic mass is 9.74. The van der Waals surface area contributed by atoms with Crippen LogP contribution in [0.5, 0.6) is 5.75 Å². The van der Waals surface area contributed by atoms with Crippen molar-refractivity contribution >= 4 is 39.7 Å². The first-order valence-corrected chi connectivity index (χ1v) is 13.3. The first-order valence-electron chi connectivity index (χ1n) is 12.9. The topological polar surface area (TPSA) is 105 Å². The van der Waals surface area contributed by atoms with E-state index in [1.165, 1.54) is 0 Å². The molecule has 0 aliphatic heterocycles. The van der Waals surface area contributed by atoms with Crippen molar-refractivity contribution in [1.29, 1.82) is 0 Å². The molecule has 0 saturated carbocycles. The molecule has 9 heteroatoms. The summed E-state index contributed by atoms with van der Waals surface area (Å²) in [6.45, 7) is 5.49. The summed E-state index contributed by atoms with van der Waals surface area (Å²) in [6.07, 6.45) is -0.0675. The number of anilines is 2. The Morgan fingerprint density at radius 2 is 1.88 bits per heavy atom. The first kappa shape index (κ1) is 29.7. The average Bonchev–Trinajstić information content (AvgIpc) is 2.93. The summed E-state index contributed by atoms with van der Waals surface area (Å²) in [5.74, 6) is 5.68. The summed E-state index contributed by atoms with van der Waals surface area (Å²) in [4.78, 5) is 27.8. The lowest BCUT2D eigenvalue weighted by Gasteiger charge is -2.33. The molecule has 1 heterocycles. The number of hydrogen-bond acceptors (Lipinski definition) is 7. The molecule has 41 heavy (non-hydrogen) atoms. The smallest absolute Gasteiger partial charge is 0.366 e. The number of nitrogens with one attached hydrogen (secondary N) is 1. The maximum atomic E-state index is 13.8. The van der Waals surface area contributed by atoms with Gasteiger partial charge in [-0.3, -0.25) is 4.79 Å². The molecule has 1 amide bonds. The predicted octanol–water partition coefficient (Wildman–Crippen LogP) is 5.31. The van der Waals surface area contributed by atoms with Crippen molar-refractivity contribution in [1.82, 2.24) is 5.16 Å². The Bertz CT molecular complexity index is 1740. The van der Waals surface area contributed by atoms with Crippen LogP contribution in [0.1, 0.15) is 37.1 Å². The van der Waals surface area contributed by atoms with E-state index in [1.54, 1.807) is 44.4 Å². The second-order valence-corrected chi connectivity index (χ2v) is 11.2. The molecule has 8 nitrogen and oxygen atoms in total. The number of fused-ring (bicyclic) bond motifs is 1. The zero-order valence-corrected chi connectivity index (χ0v) is 24.6. The Balaban J connectivity index is 1.76. The van der Waals surface area contributed by atoms with Crippen LogP contribution in [0.15, 0.2) is 70.0 Å². The third kappa shape index (κ3) is 6.54. The van der Waals surface area contributed by atoms with Crippen LogP contribution in [0, 0.1) is 18.8 Å². The summed E-state index contributed by atoms with van der Waals surface area (Å²) in [5.41, 5.74) is -0.289. The summed E-state index contributed by atoms with van der Waals surface area (Å²) < 4.78 is 10.4. The molecule has 0 saturated heterocycles. The van der Waals surface area contributed by atoms with Gasteiger partial charge in [0.05, 0.1) is 18.2 Å². The fraction of sp³-hybridized carbons (Fsp3) is 0.281. The van der Waals surface area contributed by atoms with Crippen molar-refractivity contribution in [2.24, 2.45) is 0 Å². The number of benzene rings is 3. The minimum absolute atomic E-state index is 0.0675. The molecule has 4 rings (SSSR count). The molecule has 1 aromatic heterocycles. The quantitative estimate of drug-likeness (QED) is 0.289. The van der Waals surface area contributed by atoms with E-state index in [-0.39, 0.29) is 6.42 Å². The van der Waals surface area contributed by atoms with Crippen molar-refractivity contribution in [2.75, 3.05) is 31.4 Å². The monoisotopic (exact) mass is 573 g/mol. The number of carbonyl (C=O) groups is 1. The Morgan fingerprint density at radius 1 is 1.12 bits per heavy atom. The number of aliphatic hydroxyl groups is 1. The van der Waals surface area contributed by atoms with Crippen molar-refractivity contribution in [3.63, 3.8) is 0 Å². The van der Waals surface area contributed by atoms with Crippen LogP contribution >= 0.6 is 11.6 Å². The van der Waals surface area contributed by atoms with E-state index < -0.39 is 22.5 Å². The Hall–Kier alpha value is -4.32. The molecule has 0 aliphatic rings. The van der Waals surface area contributed by atoms with Crippen LogP contribution in [-0.2, 0) is 10.2 Å². The van der Waals surface area contributed by atoms with Crippen LogP contribution < -0.4 is 20.6 Å². The molecule has 0 bridgehead atoms. The fourth-order valence-corrected chi connectivity index (χ4v) is 4.88. The molecule has 2 N–H and O–H groups in total. The van der Waals surface area contributed by atoms with Gasteiger partial charge >= 0.3 is 5.63 Å². The van der Waals surface area contributed by atoms with E-state index in [1.807, 2.05) is 63.2 Å². The van der Waals surface area contributed by atoms with Crippen LogP contribution in [0.3, 0.4) is 0 Å². The maximum Gasteiger partial charge on any atom is 0.366 e.